The number of hydrogen-bond donors (Lipinski definition) is 1. The van der Waals surface area contributed by atoms with Crippen LogP contribution in [0, 0.1) is 11.8 Å². The molecule has 0 aliphatic carbocycles. The van der Waals surface area contributed by atoms with Crippen molar-refractivity contribution in [3.05, 3.63) is 24.3 Å². The molecule has 2 fully saturated rings. The first kappa shape index (κ1) is 23.4. The minimum Gasteiger partial charge on any atom is -0.465 e. The fourth-order valence-electron chi connectivity index (χ4n) is 5.49. The first-order valence-corrected chi connectivity index (χ1v) is 12.5. The molecule has 7 nitrogen and oxygen atoms in total. The van der Waals surface area contributed by atoms with Crippen LogP contribution in [-0.2, 0) is 19.1 Å². The smallest absolute Gasteiger partial charge is 0.311 e. The van der Waals surface area contributed by atoms with Gasteiger partial charge in [0.05, 0.1) is 23.2 Å². The molecule has 1 spiro atoms. The largest absolute Gasteiger partial charge is 0.465 e. The molecule has 4 aliphatic rings. The van der Waals surface area contributed by atoms with Gasteiger partial charge < -0.3 is 19.6 Å². The molecule has 2 amide bonds. The summed E-state index contributed by atoms with van der Waals surface area (Å²) in [6.07, 6.45) is 10.9. The number of esters is 1. The lowest BCUT2D eigenvalue weighted by molar-refractivity contribution is -0.153. The maximum atomic E-state index is 14.0. The van der Waals surface area contributed by atoms with E-state index in [2.05, 4.69) is 6.08 Å². The zero-order chi connectivity index (χ0) is 23.1. The first-order chi connectivity index (χ1) is 15.2. The molecule has 0 aromatic rings. The number of nitrogens with zero attached hydrogens (tertiary/aromatic N) is 2. The molecule has 32 heavy (non-hydrogen) atoms. The maximum Gasteiger partial charge on any atom is 0.311 e. The number of rotatable bonds is 4. The minimum absolute atomic E-state index is 0.0415. The SMILES string of the molecule is CC(C)(C)N1CC=C[C@]23S[C@@H]4/C=C\CCCOC(=O)[C@@H]4[C@H]2C(=O)N(CCCCO)C3C1=O. The molecule has 0 bridgehead atoms. The number of carbonyl (C=O) groups is 3. The standard InChI is InChI=1S/C24H34N2O5S/c1-23(2,3)26-13-9-11-24-18(17-16(32-24)10-5-4-8-15-31-22(17)30)20(28)25(12-6-7-14-27)19(24)21(26)29/h5,9-11,16-19,27H,4,6-8,12-15H2,1-3H3/b10-5-/t16-,17+,18+,19?,24+/m1/s1. The van der Waals surface area contributed by atoms with Crippen LogP contribution in [0.25, 0.3) is 0 Å². The molecule has 4 rings (SSSR count). The van der Waals surface area contributed by atoms with Gasteiger partial charge in [0.15, 0.2) is 0 Å². The van der Waals surface area contributed by atoms with Crippen LogP contribution in [0.5, 0.6) is 0 Å². The summed E-state index contributed by atoms with van der Waals surface area (Å²) in [5, 5.41) is 9.06. The molecule has 0 aromatic heterocycles. The number of amides is 2. The van der Waals surface area contributed by atoms with Crippen molar-refractivity contribution in [1.82, 2.24) is 9.80 Å². The molecule has 4 aliphatic heterocycles. The van der Waals surface area contributed by atoms with E-state index in [1.165, 1.54) is 0 Å². The molecule has 0 saturated carbocycles. The fraction of sp³-hybridized carbons (Fsp3) is 0.708. The summed E-state index contributed by atoms with van der Waals surface area (Å²) in [5.74, 6) is -1.79. The Morgan fingerprint density at radius 2 is 1.97 bits per heavy atom. The van der Waals surface area contributed by atoms with E-state index in [1.807, 2.05) is 43.9 Å². The Morgan fingerprint density at radius 3 is 2.69 bits per heavy atom. The summed E-state index contributed by atoms with van der Waals surface area (Å²) in [5.41, 5.74) is -0.396. The van der Waals surface area contributed by atoms with Crippen LogP contribution in [0.2, 0.25) is 0 Å². The van der Waals surface area contributed by atoms with Crippen LogP contribution in [0.15, 0.2) is 24.3 Å². The molecule has 1 unspecified atom stereocenters. The Hall–Kier alpha value is -1.80. The van der Waals surface area contributed by atoms with Crippen molar-refractivity contribution in [2.75, 3.05) is 26.3 Å². The number of aliphatic hydroxyl groups excluding tert-OH is 1. The Kier molecular flexibility index (Phi) is 6.47. The lowest BCUT2D eigenvalue weighted by Crippen LogP contribution is -2.57. The van der Waals surface area contributed by atoms with Gasteiger partial charge in [0.2, 0.25) is 11.8 Å². The summed E-state index contributed by atoms with van der Waals surface area (Å²) in [6, 6.07) is -0.668. The monoisotopic (exact) mass is 462 g/mol. The molecular formula is C24H34N2O5S. The average Bonchev–Trinajstić information content (AvgIpc) is 3.12. The van der Waals surface area contributed by atoms with Crippen LogP contribution in [0.4, 0.5) is 0 Å². The zero-order valence-corrected chi connectivity index (χ0v) is 20.0. The number of ether oxygens (including phenoxy) is 1. The average molecular weight is 463 g/mol. The van der Waals surface area contributed by atoms with E-state index in [1.54, 1.807) is 16.7 Å². The number of aliphatic hydroxyl groups is 1. The van der Waals surface area contributed by atoms with Crippen molar-refractivity contribution in [1.29, 1.82) is 0 Å². The van der Waals surface area contributed by atoms with Gasteiger partial charge in [0.25, 0.3) is 0 Å². The van der Waals surface area contributed by atoms with Crippen molar-refractivity contribution in [2.24, 2.45) is 11.8 Å². The number of thioether (sulfide) groups is 1. The third-order valence-electron chi connectivity index (χ3n) is 6.97. The summed E-state index contributed by atoms with van der Waals surface area (Å²) in [7, 11) is 0. The molecule has 4 heterocycles. The van der Waals surface area contributed by atoms with Gasteiger partial charge >= 0.3 is 5.97 Å². The van der Waals surface area contributed by atoms with E-state index in [9.17, 15) is 19.5 Å². The van der Waals surface area contributed by atoms with Crippen molar-refractivity contribution in [2.45, 2.75) is 68.0 Å². The first-order valence-electron chi connectivity index (χ1n) is 11.6. The molecule has 176 valence electrons. The second-order valence-corrected chi connectivity index (χ2v) is 11.6. The Balaban J connectivity index is 1.80. The highest BCUT2D eigenvalue weighted by Crippen LogP contribution is 2.60. The van der Waals surface area contributed by atoms with E-state index < -0.39 is 28.2 Å². The van der Waals surface area contributed by atoms with Gasteiger partial charge in [0.1, 0.15) is 6.04 Å². The number of cyclic esters (lactones) is 1. The number of unbranched alkanes of at least 4 members (excludes halogenated alkanes) is 1. The van der Waals surface area contributed by atoms with Gasteiger partial charge in [-0.2, -0.15) is 0 Å². The van der Waals surface area contributed by atoms with Crippen molar-refractivity contribution < 1.29 is 24.2 Å². The van der Waals surface area contributed by atoms with Crippen molar-refractivity contribution in [3.63, 3.8) is 0 Å². The summed E-state index contributed by atoms with van der Waals surface area (Å²) in [4.78, 5) is 44.5. The van der Waals surface area contributed by atoms with Crippen LogP contribution in [0.1, 0.15) is 46.5 Å². The third-order valence-corrected chi connectivity index (χ3v) is 8.71. The topological polar surface area (TPSA) is 87.2 Å². The molecule has 0 aromatic carbocycles. The minimum atomic E-state index is -0.800. The normalized spacial score (nSPS) is 35.9. The predicted molar refractivity (Wildman–Crippen MR) is 123 cm³/mol. The molecule has 8 heteroatoms. The van der Waals surface area contributed by atoms with Crippen molar-refractivity contribution in [3.8, 4) is 0 Å². The Morgan fingerprint density at radius 1 is 1.19 bits per heavy atom. The Bertz CT molecular complexity index is 835. The highest BCUT2D eigenvalue weighted by molar-refractivity contribution is 8.02. The number of likely N-dealkylation sites (tertiary alicyclic amines) is 1. The highest BCUT2D eigenvalue weighted by atomic mass is 32.2. The maximum absolute atomic E-state index is 14.0. The van der Waals surface area contributed by atoms with Gasteiger partial charge in [-0.05, 0) is 46.5 Å². The highest BCUT2D eigenvalue weighted by Gasteiger charge is 2.71. The molecule has 0 radical (unpaired) electrons. The van der Waals surface area contributed by atoms with Gasteiger partial charge in [-0.15, -0.1) is 11.8 Å². The number of hydrogen-bond acceptors (Lipinski definition) is 6. The molecular weight excluding hydrogens is 428 g/mol. The third kappa shape index (κ3) is 3.79. The Labute approximate surface area is 194 Å². The number of allylic oxidation sites excluding steroid dienone is 1. The summed E-state index contributed by atoms with van der Waals surface area (Å²) < 4.78 is 4.76. The van der Waals surface area contributed by atoms with E-state index in [4.69, 9.17) is 4.74 Å². The predicted octanol–water partition coefficient (Wildman–Crippen LogP) is 2.15. The van der Waals surface area contributed by atoms with E-state index in [0.29, 0.717) is 32.5 Å². The van der Waals surface area contributed by atoms with Crippen LogP contribution in [-0.4, -0.2) is 80.6 Å². The second-order valence-electron chi connectivity index (χ2n) is 10.1. The van der Waals surface area contributed by atoms with E-state index >= 15 is 0 Å². The lowest BCUT2D eigenvalue weighted by Gasteiger charge is -2.40. The zero-order valence-electron chi connectivity index (χ0n) is 19.2. The summed E-state index contributed by atoms with van der Waals surface area (Å²) >= 11 is 1.57. The van der Waals surface area contributed by atoms with Crippen LogP contribution in [0.3, 0.4) is 0 Å². The van der Waals surface area contributed by atoms with Gasteiger partial charge in [-0.3, -0.25) is 14.4 Å². The van der Waals surface area contributed by atoms with Crippen molar-refractivity contribution >= 4 is 29.5 Å². The second kappa shape index (κ2) is 8.86. The van der Waals surface area contributed by atoms with Crippen LogP contribution >= 0.6 is 11.8 Å². The quantitative estimate of drug-likeness (QED) is 0.391. The van der Waals surface area contributed by atoms with E-state index in [-0.39, 0.29) is 29.6 Å². The molecule has 5 atom stereocenters. The molecule has 1 N–H and O–H groups in total. The van der Waals surface area contributed by atoms with Crippen LogP contribution < -0.4 is 0 Å². The van der Waals surface area contributed by atoms with Gasteiger partial charge in [0, 0.05) is 30.5 Å². The van der Waals surface area contributed by atoms with Gasteiger partial charge in [-0.25, -0.2) is 0 Å². The number of fused-ring (bicyclic) bond motifs is 2. The summed E-state index contributed by atoms with van der Waals surface area (Å²) in [6.45, 7) is 7.26. The lowest BCUT2D eigenvalue weighted by atomic mass is 9.78. The van der Waals surface area contributed by atoms with Gasteiger partial charge in [-0.1, -0.05) is 24.3 Å². The fourth-order valence-corrected chi connectivity index (χ4v) is 7.49. The number of carbonyl (C=O) groups excluding carboxylic acids is 3. The molecule has 2 saturated heterocycles. The van der Waals surface area contributed by atoms with E-state index in [0.717, 1.165) is 12.8 Å².